The molecule has 2 aromatic heterocycles. The van der Waals surface area contributed by atoms with Crippen LogP contribution in [0.1, 0.15) is 35.4 Å². The van der Waals surface area contributed by atoms with Gasteiger partial charge >= 0.3 is 0 Å². The van der Waals surface area contributed by atoms with E-state index >= 15 is 0 Å². The van der Waals surface area contributed by atoms with Gasteiger partial charge in [0.15, 0.2) is 5.76 Å². The molecule has 140 valence electrons. The number of aromatic amines is 1. The van der Waals surface area contributed by atoms with Gasteiger partial charge in [0.1, 0.15) is 0 Å². The molecule has 3 heterocycles. The summed E-state index contributed by atoms with van der Waals surface area (Å²) in [5.41, 5.74) is 2.26. The fraction of sp³-hybridized carbons (Fsp3) is 0.333. The first kappa shape index (κ1) is 17.4. The number of fused-ring (bicyclic) bond motifs is 1. The summed E-state index contributed by atoms with van der Waals surface area (Å²) in [6, 6.07) is 11.6. The van der Waals surface area contributed by atoms with Crippen LogP contribution in [0.2, 0.25) is 0 Å². The molecule has 1 saturated heterocycles. The number of amides is 2. The molecule has 0 unspecified atom stereocenters. The Bertz CT molecular complexity index is 921. The standard InChI is InChI=1S/C21H23N3O3/c25-20(8-7-15-14-22-18-5-2-1-4-17(15)18)23-16-9-11-24(12-10-16)21(26)19-6-3-13-27-19/h1-6,13-14,16,22H,7-12H2,(H,23,25). The van der Waals surface area contributed by atoms with E-state index in [4.69, 9.17) is 4.42 Å². The van der Waals surface area contributed by atoms with Crippen LogP contribution in [-0.2, 0) is 11.2 Å². The topological polar surface area (TPSA) is 78.3 Å². The quantitative estimate of drug-likeness (QED) is 0.729. The lowest BCUT2D eigenvalue weighted by atomic mass is 10.0. The van der Waals surface area contributed by atoms with Crippen molar-refractivity contribution in [1.82, 2.24) is 15.2 Å². The molecule has 0 bridgehead atoms. The van der Waals surface area contributed by atoms with E-state index in [-0.39, 0.29) is 17.9 Å². The van der Waals surface area contributed by atoms with Gasteiger partial charge in [0.25, 0.3) is 5.91 Å². The number of aromatic nitrogens is 1. The van der Waals surface area contributed by atoms with Gasteiger partial charge in [0, 0.05) is 42.7 Å². The summed E-state index contributed by atoms with van der Waals surface area (Å²) < 4.78 is 5.17. The Kier molecular flexibility index (Phi) is 4.96. The van der Waals surface area contributed by atoms with E-state index < -0.39 is 0 Å². The number of aryl methyl sites for hydroxylation is 1. The number of nitrogens with one attached hydrogen (secondary N) is 2. The second-order valence-corrected chi connectivity index (χ2v) is 6.97. The van der Waals surface area contributed by atoms with Crippen LogP contribution in [0.3, 0.4) is 0 Å². The third-order valence-corrected chi connectivity index (χ3v) is 5.18. The summed E-state index contributed by atoms with van der Waals surface area (Å²) in [4.78, 5) is 29.6. The molecular weight excluding hydrogens is 342 g/mol. The van der Waals surface area contributed by atoms with Crippen LogP contribution in [0, 0.1) is 0 Å². The Balaban J connectivity index is 1.24. The first-order valence-corrected chi connectivity index (χ1v) is 9.38. The van der Waals surface area contributed by atoms with Crippen molar-refractivity contribution in [2.75, 3.05) is 13.1 Å². The molecule has 3 aromatic rings. The molecule has 0 saturated carbocycles. The van der Waals surface area contributed by atoms with Gasteiger partial charge in [-0.2, -0.15) is 0 Å². The van der Waals surface area contributed by atoms with Gasteiger partial charge in [-0.15, -0.1) is 0 Å². The Labute approximate surface area is 157 Å². The molecule has 6 heteroatoms. The van der Waals surface area contributed by atoms with E-state index in [2.05, 4.69) is 16.4 Å². The average molecular weight is 365 g/mol. The van der Waals surface area contributed by atoms with E-state index in [0.717, 1.165) is 18.4 Å². The van der Waals surface area contributed by atoms with Gasteiger partial charge in [0.05, 0.1) is 6.26 Å². The molecule has 2 amide bonds. The van der Waals surface area contributed by atoms with Gasteiger partial charge in [-0.25, -0.2) is 0 Å². The number of furan rings is 1. The van der Waals surface area contributed by atoms with E-state index in [1.807, 2.05) is 24.4 Å². The van der Waals surface area contributed by atoms with Crippen LogP contribution in [0.5, 0.6) is 0 Å². The van der Waals surface area contributed by atoms with Crippen LogP contribution in [-0.4, -0.2) is 40.8 Å². The highest BCUT2D eigenvalue weighted by atomic mass is 16.3. The second kappa shape index (κ2) is 7.70. The maximum Gasteiger partial charge on any atom is 0.289 e. The van der Waals surface area contributed by atoms with Crippen LogP contribution in [0.25, 0.3) is 10.9 Å². The minimum Gasteiger partial charge on any atom is -0.459 e. The fourth-order valence-electron chi connectivity index (χ4n) is 3.67. The Morgan fingerprint density at radius 2 is 1.96 bits per heavy atom. The highest BCUT2D eigenvalue weighted by Gasteiger charge is 2.25. The number of hydrogen-bond donors (Lipinski definition) is 2. The molecule has 1 aromatic carbocycles. The number of likely N-dealkylation sites (tertiary alicyclic amines) is 1. The summed E-state index contributed by atoms with van der Waals surface area (Å²) >= 11 is 0. The fourth-order valence-corrected chi connectivity index (χ4v) is 3.67. The lowest BCUT2D eigenvalue weighted by Crippen LogP contribution is -2.46. The number of rotatable bonds is 5. The normalized spacial score (nSPS) is 15.2. The predicted molar refractivity (Wildman–Crippen MR) is 102 cm³/mol. The molecule has 27 heavy (non-hydrogen) atoms. The first-order valence-electron chi connectivity index (χ1n) is 9.38. The summed E-state index contributed by atoms with van der Waals surface area (Å²) in [7, 11) is 0. The number of nitrogens with zero attached hydrogens (tertiary/aromatic N) is 1. The summed E-state index contributed by atoms with van der Waals surface area (Å²) in [6.45, 7) is 1.26. The minimum absolute atomic E-state index is 0.0658. The highest BCUT2D eigenvalue weighted by Crippen LogP contribution is 2.19. The van der Waals surface area contributed by atoms with Crippen molar-refractivity contribution in [2.24, 2.45) is 0 Å². The zero-order valence-corrected chi connectivity index (χ0v) is 15.1. The predicted octanol–water partition coefficient (Wildman–Crippen LogP) is 3.11. The highest BCUT2D eigenvalue weighted by molar-refractivity contribution is 5.91. The lowest BCUT2D eigenvalue weighted by Gasteiger charge is -2.31. The van der Waals surface area contributed by atoms with Crippen molar-refractivity contribution in [1.29, 1.82) is 0 Å². The van der Waals surface area contributed by atoms with Crippen LogP contribution in [0.15, 0.2) is 53.3 Å². The van der Waals surface area contributed by atoms with E-state index in [0.29, 0.717) is 31.7 Å². The number of H-pyrrole nitrogens is 1. The van der Waals surface area contributed by atoms with E-state index in [1.54, 1.807) is 17.0 Å². The van der Waals surface area contributed by atoms with Crippen LogP contribution < -0.4 is 5.32 Å². The van der Waals surface area contributed by atoms with Crippen molar-refractivity contribution < 1.29 is 14.0 Å². The smallest absolute Gasteiger partial charge is 0.289 e. The minimum atomic E-state index is -0.0795. The molecule has 2 N–H and O–H groups in total. The summed E-state index contributed by atoms with van der Waals surface area (Å²) in [5, 5.41) is 4.29. The van der Waals surface area contributed by atoms with Crippen LogP contribution in [0.4, 0.5) is 0 Å². The van der Waals surface area contributed by atoms with Gasteiger partial charge in [-0.3, -0.25) is 9.59 Å². The third-order valence-electron chi connectivity index (χ3n) is 5.18. The van der Waals surface area contributed by atoms with Crippen LogP contribution >= 0.6 is 0 Å². The van der Waals surface area contributed by atoms with Crippen molar-refractivity contribution >= 4 is 22.7 Å². The zero-order valence-electron chi connectivity index (χ0n) is 15.1. The number of hydrogen-bond acceptors (Lipinski definition) is 3. The van der Waals surface area contributed by atoms with Crippen molar-refractivity contribution in [3.8, 4) is 0 Å². The monoisotopic (exact) mass is 365 g/mol. The lowest BCUT2D eigenvalue weighted by molar-refractivity contribution is -0.122. The molecule has 1 fully saturated rings. The van der Waals surface area contributed by atoms with Gasteiger partial charge in [0.2, 0.25) is 5.91 Å². The molecule has 0 spiro atoms. The van der Waals surface area contributed by atoms with Gasteiger partial charge in [-0.05, 0) is 43.0 Å². The largest absolute Gasteiger partial charge is 0.459 e. The van der Waals surface area contributed by atoms with Crippen molar-refractivity contribution in [2.45, 2.75) is 31.7 Å². The molecule has 6 nitrogen and oxygen atoms in total. The number of para-hydroxylation sites is 1. The van der Waals surface area contributed by atoms with E-state index in [9.17, 15) is 9.59 Å². The SMILES string of the molecule is O=C(CCc1c[nH]c2ccccc12)NC1CCN(C(=O)c2ccco2)CC1. The maximum absolute atomic E-state index is 12.3. The second-order valence-electron chi connectivity index (χ2n) is 6.97. The van der Waals surface area contributed by atoms with Crippen molar-refractivity contribution in [3.05, 3.63) is 60.2 Å². The summed E-state index contributed by atoms with van der Waals surface area (Å²) in [5.74, 6) is 0.358. The summed E-state index contributed by atoms with van der Waals surface area (Å²) in [6.07, 6.45) is 6.21. The Morgan fingerprint density at radius 3 is 2.74 bits per heavy atom. The molecule has 0 atom stereocenters. The molecular formula is C21H23N3O3. The molecule has 0 radical (unpaired) electrons. The molecule has 4 rings (SSSR count). The number of carbonyl (C=O) groups is 2. The Hall–Kier alpha value is -3.02. The first-order chi connectivity index (χ1) is 13.2. The number of piperidine rings is 1. The molecule has 1 aliphatic heterocycles. The van der Waals surface area contributed by atoms with Gasteiger partial charge in [-0.1, -0.05) is 18.2 Å². The Morgan fingerprint density at radius 1 is 1.15 bits per heavy atom. The van der Waals surface area contributed by atoms with Crippen molar-refractivity contribution in [3.63, 3.8) is 0 Å². The average Bonchev–Trinajstić information content (AvgIpc) is 3.37. The third kappa shape index (κ3) is 3.89. The molecule has 1 aliphatic rings. The molecule has 0 aliphatic carbocycles. The maximum atomic E-state index is 12.3. The van der Waals surface area contributed by atoms with E-state index in [1.165, 1.54) is 17.2 Å². The number of carbonyl (C=O) groups excluding carboxylic acids is 2. The van der Waals surface area contributed by atoms with Gasteiger partial charge < -0.3 is 19.6 Å². The zero-order chi connectivity index (χ0) is 18.6. The number of benzene rings is 1.